The van der Waals surface area contributed by atoms with Crippen LogP contribution >= 0.6 is 11.3 Å². The summed E-state index contributed by atoms with van der Waals surface area (Å²) >= 11 is 1.42. The third kappa shape index (κ3) is 3.23. The minimum Gasteiger partial charge on any atom is -0.347 e. The van der Waals surface area contributed by atoms with E-state index < -0.39 is 0 Å². The summed E-state index contributed by atoms with van der Waals surface area (Å²) in [4.78, 5) is 13.8. The summed E-state index contributed by atoms with van der Waals surface area (Å²) in [5.41, 5.74) is 8.33. The Balaban J connectivity index is 2.06. The highest BCUT2D eigenvalue weighted by Crippen LogP contribution is 2.21. The molecule has 0 aliphatic rings. The van der Waals surface area contributed by atoms with Crippen LogP contribution in [0.4, 0.5) is 4.39 Å². The fourth-order valence-corrected chi connectivity index (χ4v) is 2.90. The molecule has 0 atom stereocenters. The Kier molecular flexibility index (Phi) is 4.52. The summed E-state index contributed by atoms with van der Waals surface area (Å²) in [5.74, 6) is -0.446. The maximum Gasteiger partial charge on any atom is 0.261 e. The summed E-state index contributed by atoms with van der Waals surface area (Å²) in [6.45, 7) is 4.58. The van der Waals surface area contributed by atoms with Crippen LogP contribution in [0.15, 0.2) is 24.3 Å². The highest BCUT2D eigenvalue weighted by molar-refractivity contribution is 7.14. The van der Waals surface area contributed by atoms with Crippen LogP contribution in [-0.2, 0) is 13.1 Å². The Morgan fingerprint density at radius 1 is 1.30 bits per heavy atom. The van der Waals surface area contributed by atoms with Gasteiger partial charge in [0.1, 0.15) is 5.82 Å². The minimum atomic E-state index is -0.294. The van der Waals surface area contributed by atoms with Gasteiger partial charge in [-0.15, -0.1) is 11.3 Å². The summed E-state index contributed by atoms with van der Waals surface area (Å²) in [5, 5.41) is 2.81. The smallest absolute Gasteiger partial charge is 0.261 e. The van der Waals surface area contributed by atoms with Crippen molar-refractivity contribution in [2.45, 2.75) is 26.9 Å². The monoisotopic (exact) mass is 292 g/mol. The number of carbonyl (C=O) groups is 1. The Labute approximate surface area is 121 Å². The highest BCUT2D eigenvalue weighted by atomic mass is 32.1. The Morgan fingerprint density at radius 3 is 2.70 bits per heavy atom. The zero-order valence-electron chi connectivity index (χ0n) is 11.5. The molecule has 0 saturated carbocycles. The van der Waals surface area contributed by atoms with Gasteiger partial charge in [0.2, 0.25) is 0 Å². The third-order valence-corrected chi connectivity index (χ3v) is 4.31. The van der Waals surface area contributed by atoms with Crippen molar-refractivity contribution in [2.24, 2.45) is 5.73 Å². The molecule has 0 saturated heterocycles. The number of nitrogens with two attached hydrogens (primary N) is 1. The van der Waals surface area contributed by atoms with Crippen molar-refractivity contribution in [3.8, 4) is 0 Å². The van der Waals surface area contributed by atoms with Crippen molar-refractivity contribution < 1.29 is 9.18 Å². The van der Waals surface area contributed by atoms with Gasteiger partial charge in [-0.3, -0.25) is 4.79 Å². The molecule has 1 aromatic heterocycles. The zero-order chi connectivity index (χ0) is 14.7. The number of benzene rings is 1. The van der Waals surface area contributed by atoms with E-state index in [0.717, 1.165) is 21.6 Å². The molecule has 0 spiro atoms. The lowest BCUT2D eigenvalue weighted by Gasteiger charge is -2.07. The molecule has 3 nitrogen and oxygen atoms in total. The second-order valence-corrected chi connectivity index (χ2v) is 5.91. The molecule has 106 valence electrons. The Morgan fingerprint density at radius 2 is 2.05 bits per heavy atom. The summed E-state index contributed by atoms with van der Waals surface area (Å²) in [6.07, 6.45) is 0. The molecule has 1 heterocycles. The second kappa shape index (κ2) is 6.15. The fourth-order valence-electron chi connectivity index (χ4n) is 1.93. The number of rotatable bonds is 4. The van der Waals surface area contributed by atoms with Gasteiger partial charge in [0.15, 0.2) is 0 Å². The molecule has 2 aromatic rings. The molecule has 0 fully saturated rings. The summed E-state index contributed by atoms with van der Waals surface area (Å²) in [6, 6.07) is 6.38. The average Bonchev–Trinajstić information content (AvgIpc) is 2.80. The molecule has 0 radical (unpaired) electrons. The van der Waals surface area contributed by atoms with Crippen LogP contribution in [0.25, 0.3) is 0 Å². The molecule has 0 unspecified atom stereocenters. The van der Waals surface area contributed by atoms with Gasteiger partial charge >= 0.3 is 0 Å². The Hall–Kier alpha value is -1.72. The van der Waals surface area contributed by atoms with Crippen molar-refractivity contribution in [3.63, 3.8) is 0 Å². The summed E-state index contributed by atoms with van der Waals surface area (Å²) in [7, 11) is 0. The van der Waals surface area contributed by atoms with Crippen LogP contribution in [0.1, 0.15) is 31.2 Å². The van der Waals surface area contributed by atoms with E-state index >= 15 is 0 Å². The van der Waals surface area contributed by atoms with Gasteiger partial charge in [-0.25, -0.2) is 4.39 Å². The highest BCUT2D eigenvalue weighted by Gasteiger charge is 2.12. The number of aryl methyl sites for hydroxylation is 2. The van der Waals surface area contributed by atoms with Crippen molar-refractivity contribution >= 4 is 17.2 Å². The molecule has 5 heteroatoms. The topological polar surface area (TPSA) is 55.1 Å². The molecule has 1 amide bonds. The first kappa shape index (κ1) is 14.7. The van der Waals surface area contributed by atoms with E-state index in [1.807, 2.05) is 19.9 Å². The minimum absolute atomic E-state index is 0.151. The van der Waals surface area contributed by atoms with Crippen molar-refractivity contribution in [2.75, 3.05) is 0 Å². The van der Waals surface area contributed by atoms with Gasteiger partial charge in [0.25, 0.3) is 5.91 Å². The number of amides is 1. The van der Waals surface area contributed by atoms with E-state index in [1.54, 1.807) is 6.07 Å². The maximum absolute atomic E-state index is 13.2. The maximum atomic E-state index is 13.2. The fraction of sp³-hybridized carbons (Fsp3) is 0.267. The second-order valence-electron chi connectivity index (χ2n) is 4.65. The van der Waals surface area contributed by atoms with Crippen LogP contribution < -0.4 is 11.1 Å². The number of carbonyl (C=O) groups excluding carboxylic acids is 1. The molecular weight excluding hydrogens is 275 g/mol. The van der Waals surface area contributed by atoms with Crippen molar-refractivity contribution in [1.29, 1.82) is 0 Å². The van der Waals surface area contributed by atoms with Gasteiger partial charge in [0, 0.05) is 18.0 Å². The zero-order valence-corrected chi connectivity index (χ0v) is 12.3. The van der Waals surface area contributed by atoms with Gasteiger partial charge in [-0.1, -0.05) is 6.07 Å². The number of hydrogen-bond donors (Lipinski definition) is 2. The number of halogens is 1. The van der Waals surface area contributed by atoms with E-state index in [1.165, 1.54) is 23.5 Å². The van der Waals surface area contributed by atoms with Crippen molar-refractivity contribution in [3.05, 3.63) is 56.5 Å². The van der Waals surface area contributed by atoms with Crippen LogP contribution in [0.5, 0.6) is 0 Å². The number of hydrogen-bond acceptors (Lipinski definition) is 3. The van der Waals surface area contributed by atoms with Crippen LogP contribution in [-0.4, -0.2) is 5.91 Å². The largest absolute Gasteiger partial charge is 0.347 e. The van der Waals surface area contributed by atoms with Crippen LogP contribution in [0.3, 0.4) is 0 Å². The standard InChI is InChI=1S/C15H17FN2OS/c1-9-3-4-13(16)5-12(9)8-18-15(19)14-6-11(7-17)10(2)20-14/h3-6H,7-8,17H2,1-2H3,(H,18,19). The first-order valence-corrected chi connectivity index (χ1v) is 7.15. The molecule has 3 N–H and O–H groups in total. The number of thiophene rings is 1. The average molecular weight is 292 g/mol. The predicted octanol–water partition coefficient (Wildman–Crippen LogP) is 2.89. The van der Waals surface area contributed by atoms with Gasteiger partial charge in [-0.2, -0.15) is 0 Å². The molecule has 2 rings (SSSR count). The van der Waals surface area contributed by atoms with E-state index in [9.17, 15) is 9.18 Å². The van der Waals surface area contributed by atoms with Gasteiger partial charge in [-0.05, 0) is 48.7 Å². The van der Waals surface area contributed by atoms with E-state index in [2.05, 4.69) is 5.32 Å². The molecule has 1 aromatic carbocycles. The van der Waals surface area contributed by atoms with Crippen molar-refractivity contribution in [1.82, 2.24) is 5.32 Å². The lowest BCUT2D eigenvalue weighted by molar-refractivity contribution is 0.0955. The van der Waals surface area contributed by atoms with Crippen LogP contribution in [0, 0.1) is 19.7 Å². The SMILES string of the molecule is Cc1ccc(F)cc1CNC(=O)c1cc(CN)c(C)s1. The van der Waals surface area contributed by atoms with Gasteiger partial charge in [0.05, 0.1) is 4.88 Å². The van der Waals surface area contributed by atoms with Crippen LogP contribution in [0.2, 0.25) is 0 Å². The molecule has 20 heavy (non-hydrogen) atoms. The molecule has 0 bridgehead atoms. The van der Waals surface area contributed by atoms with E-state index in [-0.39, 0.29) is 11.7 Å². The molecule has 0 aliphatic heterocycles. The first-order chi connectivity index (χ1) is 9.51. The first-order valence-electron chi connectivity index (χ1n) is 6.34. The predicted molar refractivity (Wildman–Crippen MR) is 79.3 cm³/mol. The third-order valence-electron chi connectivity index (χ3n) is 3.21. The molecule has 0 aliphatic carbocycles. The quantitative estimate of drug-likeness (QED) is 0.910. The summed E-state index contributed by atoms with van der Waals surface area (Å²) < 4.78 is 13.2. The van der Waals surface area contributed by atoms with E-state index in [4.69, 9.17) is 5.73 Å². The lowest BCUT2D eigenvalue weighted by atomic mass is 10.1. The lowest BCUT2D eigenvalue weighted by Crippen LogP contribution is -2.22. The normalized spacial score (nSPS) is 10.6. The van der Waals surface area contributed by atoms with E-state index in [0.29, 0.717) is 18.0 Å². The number of nitrogens with one attached hydrogen (secondary N) is 1. The Bertz CT molecular complexity index is 637. The molecular formula is C15H17FN2OS. The van der Waals surface area contributed by atoms with Gasteiger partial charge < -0.3 is 11.1 Å².